The van der Waals surface area contributed by atoms with Gasteiger partial charge in [0.2, 0.25) is 0 Å². The first-order chi connectivity index (χ1) is 8.02. The van der Waals surface area contributed by atoms with Gasteiger partial charge in [0.05, 0.1) is 22.8 Å². The molecule has 6 heteroatoms. The van der Waals surface area contributed by atoms with Gasteiger partial charge in [0.15, 0.2) is 0 Å². The van der Waals surface area contributed by atoms with Gasteiger partial charge in [-0.1, -0.05) is 10.3 Å². The molecule has 0 saturated carbocycles. The van der Waals surface area contributed by atoms with E-state index in [-0.39, 0.29) is 0 Å². The fourth-order valence-electron chi connectivity index (χ4n) is 0.938. The number of aliphatic imine (C=N–C) groups is 2. The summed E-state index contributed by atoms with van der Waals surface area (Å²) in [6, 6.07) is 0. The summed E-state index contributed by atoms with van der Waals surface area (Å²) in [4.78, 5) is 8.47. The largest absolute Gasteiger partial charge is 0.411 e. The maximum absolute atomic E-state index is 8.52. The SMILES string of the molecule is CC(=NCCCN=C(C)/C(C)=N/O)/C(C)=N\O. The highest BCUT2D eigenvalue weighted by Gasteiger charge is 1.97. The Morgan fingerprint density at radius 1 is 0.706 bits per heavy atom. The zero-order valence-corrected chi connectivity index (χ0v) is 10.8. The van der Waals surface area contributed by atoms with E-state index in [0.29, 0.717) is 24.5 Å². The highest BCUT2D eigenvalue weighted by atomic mass is 16.4. The highest BCUT2D eigenvalue weighted by Crippen LogP contribution is 1.90. The van der Waals surface area contributed by atoms with E-state index in [0.717, 1.165) is 17.8 Å². The molecule has 0 spiro atoms. The quantitative estimate of drug-likeness (QED) is 0.322. The van der Waals surface area contributed by atoms with Crippen LogP contribution in [0.4, 0.5) is 0 Å². The first-order valence-electron chi connectivity index (χ1n) is 5.43. The maximum atomic E-state index is 8.52. The predicted octanol–water partition coefficient (Wildman–Crippen LogP) is 2.00. The molecule has 0 rings (SSSR count). The van der Waals surface area contributed by atoms with Crippen LogP contribution in [0, 0.1) is 0 Å². The summed E-state index contributed by atoms with van der Waals surface area (Å²) in [7, 11) is 0. The minimum absolute atomic E-state index is 0.521. The first-order valence-corrected chi connectivity index (χ1v) is 5.43. The molecular formula is C11H20N4O2. The van der Waals surface area contributed by atoms with Crippen molar-refractivity contribution >= 4 is 22.8 Å². The van der Waals surface area contributed by atoms with Gasteiger partial charge in [-0.3, -0.25) is 9.98 Å². The zero-order chi connectivity index (χ0) is 13.3. The molecule has 0 atom stereocenters. The van der Waals surface area contributed by atoms with E-state index < -0.39 is 0 Å². The van der Waals surface area contributed by atoms with Crippen LogP contribution in [0.25, 0.3) is 0 Å². The van der Waals surface area contributed by atoms with Crippen LogP contribution in [0.5, 0.6) is 0 Å². The molecule has 0 bridgehead atoms. The molecular weight excluding hydrogens is 220 g/mol. The molecule has 0 aromatic heterocycles. The minimum atomic E-state index is 0.521. The minimum Gasteiger partial charge on any atom is -0.411 e. The molecule has 0 heterocycles. The monoisotopic (exact) mass is 240 g/mol. The Morgan fingerprint density at radius 3 is 1.35 bits per heavy atom. The Morgan fingerprint density at radius 2 is 1.06 bits per heavy atom. The molecule has 0 saturated heterocycles. The van der Waals surface area contributed by atoms with Crippen LogP contribution < -0.4 is 0 Å². The predicted molar refractivity (Wildman–Crippen MR) is 70.4 cm³/mol. The van der Waals surface area contributed by atoms with Crippen LogP contribution in [-0.4, -0.2) is 46.4 Å². The zero-order valence-electron chi connectivity index (χ0n) is 10.8. The van der Waals surface area contributed by atoms with E-state index in [2.05, 4.69) is 20.3 Å². The Bertz CT molecular complexity index is 322. The molecule has 0 aliphatic heterocycles. The number of rotatable bonds is 6. The summed E-state index contributed by atoms with van der Waals surface area (Å²) in [5.74, 6) is 0. The standard InChI is InChI=1S/C11H20N4O2/c1-8(10(3)14-16)12-6-5-7-13-9(2)11(4)15-17/h16-17H,5-7H2,1-4H3/b12-8?,13-9?,14-10-,15-11+. The maximum Gasteiger partial charge on any atom is 0.0971 e. The van der Waals surface area contributed by atoms with Crippen LogP contribution in [0.2, 0.25) is 0 Å². The van der Waals surface area contributed by atoms with E-state index in [9.17, 15) is 0 Å². The van der Waals surface area contributed by atoms with Gasteiger partial charge in [0.25, 0.3) is 0 Å². The molecule has 0 fully saturated rings. The average molecular weight is 240 g/mol. The van der Waals surface area contributed by atoms with Gasteiger partial charge in [-0.15, -0.1) is 0 Å². The van der Waals surface area contributed by atoms with Crippen LogP contribution in [0.15, 0.2) is 20.3 Å². The average Bonchev–Trinajstić information content (AvgIpc) is 2.35. The van der Waals surface area contributed by atoms with Gasteiger partial charge in [0, 0.05) is 13.1 Å². The second-order valence-electron chi connectivity index (χ2n) is 3.66. The van der Waals surface area contributed by atoms with Crippen LogP contribution in [-0.2, 0) is 0 Å². The summed E-state index contributed by atoms with van der Waals surface area (Å²) < 4.78 is 0. The number of nitrogens with zero attached hydrogens (tertiary/aromatic N) is 4. The van der Waals surface area contributed by atoms with Crippen molar-refractivity contribution in [3.05, 3.63) is 0 Å². The number of oxime groups is 2. The normalized spacial score (nSPS) is 15.3. The fraction of sp³-hybridized carbons (Fsp3) is 0.636. The smallest absolute Gasteiger partial charge is 0.0971 e. The van der Waals surface area contributed by atoms with Gasteiger partial charge in [-0.05, 0) is 34.1 Å². The van der Waals surface area contributed by atoms with Crippen molar-refractivity contribution in [2.24, 2.45) is 20.3 Å². The van der Waals surface area contributed by atoms with Gasteiger partial charge in [0.1, 0.15) is 0 Å². The van der Waals surface area contributed by atoms with E-state index in [4.69, 9.17) is 10.4 Å². The Balaban J connectivity index is 4.03. The lowest BCUT2D eigenvalue weighted by atomic mass is 10.3. The molecule has 96 valence electrons. The summed E-state index contributed by atoms with van der Waals surface area (Å²) in [6.07, 6.45) is 0.798. The first kappa shape index (κ1) is 15.3. The fourth-order valence-corrected chi connectivity index (χ4v) is 0.938. The van der Waals surface area contributed by atoms with Gasteiger partial charge in [-0.2, -0.15) is 0 Å². The molecule has 0 aromatic carbocycles. The second kappa shape index (κ2) is 8.43. The van der Waals surface area contributed by atoms with Gasteiger partial charge in [-0.25, -0.2) is 0 Å². The van der Waals surface area contributed by atoms with Gasteiger partial charge < -0.3 is 10.4 Å². The van der Waals surface area contributed by atoms with Crippen molar-refractivity contribution in [3.8, 4) is 0 Å². The summed E-state index contributed by atoms with van der Waals surface area (Å²) in [5, 5.41) is 23.2. The molecule has 17 heavy (non-hydrogen) atoms. The Labute approximate surface area is 101 Å². The highest BCUT2D eigenvalue weighted by molar-refractivity contribution is 6.40. The Hall–Kier alpha value is -1.72. The molecule has 0 aromatic rings. The third-order valence-corrected chi connectivity index (χ3v) is 2.36. The lowest BCUT2D eigenvalue weighted by molar-refractivity contribution is 0.319. The van der Waals surface area contributed by atoms with Crippen LogP contribution in [0.3, 0.4) is 0 Å². The van der Waals surface area contributed by atoms with Crippen molar-refractivity contribution in [2.75, 3.05) is 13.1 Å². The molecule has 0 aliphatic carbocycles. The summed E-state index contributed by atoms with van der Waals surface area (Å²) >= 11 is 0. The van der Waals surface area contributed by atoms with Gasteiger partial charge >= 0.3 is 0 Å². The van der Waals surface area contributed by atoms with Crippen molar-refractivity contribution in [3.63, 3.8) is 0 Å². The third kappa shape index (κ3) is 6.44. The second-order valence-corrected chi connectivity index (χ2v) is 3.66. The topological polar surface area (TPSA) is 89.9 Å². The molecule has 0 radical (unpaired) electrons. The Kier molecular flexibility index (Phi) is 7.58. The van der Waals surface area contributed by atoms with Crippen molar-refractivity contribution in [1.82, 2.24) is 0 Å². The summed E-state index contributed by atoms with van der Waals surface area (Å²) in [6.45, 7) is 8.25. The molecule has 0 unspecified atom stereocenters. The third-order valence-electron chi connectivity index (χ3n) is 2.36. The number of hydrogen-bond donors (Lipinski definition) is 2. The lowest BCUT2D eigenvalue weighted by Crippen LogP contribution is -2.08. The van der Waals surface area contributed by atoms with E-state index >= 15 is 0 Å². The van der Waals surface area contributed by atoms with E-state index in [1.54, 1.807) is 27.7 Å². The number of hydrogen-bond acceptors (Lipinski definition) is 6. The van der Waals surface area contributed by atoms with Crippen molar-refractivity contribution < 1.29 is 10.4 Å². The lowest BCUT2D eigenvalue weighted by Gasteiger charge is -1.99. The van der Waals surface area contributed by atoms with Crippen molar-refractivity contribution in [2.45, 2.75) is 34.1 Å². The van der Waals surface area contributed by atoms with Crippen molar-refractivity contribution in [1.29, 1.82) is 0 Å². The summed E-state index contributed by atoms with van der Waals surface area (Å²) in [5.41, 5.74) is 2.49. The van der Waals surface area contributed by atoms with Crippen LogP contribution >= 0.6 is 0 Å². The molecule has 0 amide bonds. The van der Waals surface area contributed by atoms with E-state index in [1.807, 2.05) is 0 Å². The molecule has 6 nitrogen and oxygen atoms in total. The van der Waals surface area contributed by atoms with Crippen LogP contribution in [0.1, 0.15) is 34.1 Å². The molecule has 0 aliphatic rings. The molecule has 2 N–H and O–H groups in total. The van der Waals surface area contributed by atoms with E-state index in [1.165, 1.54) is 0 Å².